The van der Waals surface area contributed by atoms with Gasteiger partial charge in [0.15, 0.2) is 0 Å². The van der Waals surface area contributed by atoms with Gasteiger partial charge in [0.2, 0.25) is 5.91 Å². The Morgan fingerprint density at radius 1 is 1.32 bits per heavy atom. The summed E-state index contributed by atoms with van der Waals surface area (Å²) in [5.41, 5.74) is 7.02. The third-order valence-electron chi connectivity index (χ3n) is 4.52. The van der Waals surface area contributed by atoms with Crippen LogP contribution in [0.15, 0.2) is 24.3 Å². The fourth-order valence-corrected chi connectivity index (χ4v) is 3.09. The van der Waals surface area contributed by atoms with E-state index < -0.39 is 0 Å². The van der Waals surface area contributed by atoms with E-state index in [0.29, 0.717) is 31.5 Å². The summed E-state index contributed by atoms with van der Waals surface area (Å²) >= 11 is 0. The normalized spacial score (nSPS) is 21.1. The highest BCUT2D eigenvalue weighted by molar-refractivity contribution is 5.79. The maximum Gasteiger partial charge on any atom is 0.223 e. The third-order valence-corrected chi connectivity index (χ3v) is 4.52. The molecule has 1 aliphatic carbocycles. The Kier molecular flexibility index (Phi) is 6.25. The zero-order valence-corrected chi connectivity index (χ0v) is 13.7. The molecule has 4 nitrogen and oxygen atoms in total. The predicted octanol–water partition coefficient (Wildman–Crippen LogP) is 2.68. The molecule has 0 bridgehead atoms. The first-order valence-corrected chi connectivity index (χ1v) is 8.32. The topological polar surface area (TPSA) is 64.3 Å². The van der Waals surface area contributed by atoms with E-state index in [1.807, 2.05) is 12.1 Å². The van der Waals surface area contributed by atoms with E-state index in [4.69, 9.17) is 10.5 Å². The number of benzene rings is 1. The third kappa shape index (κ3) is 4.47. The first-order valence-electron chi connectivity index (χ1n) is 8.32. The van der Waals surface area contributed by atoms with Crippen molar-refractivity contribution in [3.05, 3.63) is 29.8 Å². The Labute approximate surface area is 133 Å². The van der Waals surface area contributed by atoms with E-state index in [1.165, 1.54) is 5.56 Å². The molecule has 4 heteroatoms. The van der Waals surface area contributed by atoms with Crippen molar-refractivity contribution in [2.45, 2.75) is 39.0 Å². The second-order valence-electron chi connectivity index (χ2n) is 6.40. The van der Waals surface area contributed by atoms with Crippen molar-refractivity contribution >= 4 is 5.91 Å². The van der Waals surface area contributed by atoms with E-state index in [0.717, 1.165) is 25.0 Å². The molecule has 1 saturated carbocycles. The minimum atomic E-state index is 0.0929. The molecule has 3 N–H and O–H groups in total. The molecule has 0 aromatic heterocycles. The van der Waals surface area contributed by atoms with Crippen molar-refractivity contribution in [3.63, 3.8) is 0 Å². The lowest BCUT2D eigenvalue weighted by Crippen LogP contribution is -2.37. The molecule has 2 rings (SSSR count). The molecule has 1 aromatic carbocycles. The van der Waals surface area contributed by atoms with E-state index in [1.54, 1.807) is 0 Å². The number of ether oxygens (including phenoxy) is 1. The molecule has 1 aromatic rings. The molecule has 22 heavy (non-hydrogen) atoms. The maximum atomic E-state index is 12.1. The molecule has 1 aliphatic rings. The van der Waals surface area contributed by atoms with Gasteiger partial charge in [-0.1, -0.05) is 32.4 Å². The zero-order chi connectivity index (χ0) is 15.9. The summed E-state index contributed by atoms with van der Waals surface area (Å²) in [6.45, 7) is 5.98. The molecular formula is C18H28N2O2. The quantitative estimate of drug-likeness (QED) is 0.761. The second kappa shape index (κ2) is 8.18. The van der Waals surface area contributed by atoms with Crippen LogP contribution in [0.5, 0.6) is 5.75 Å². The highest BCUT2D eigenvalue weighted by Gasteiger charge is 2.31. The molecule has 122 valence electrons. The van der Waals surface area contributed by atoms with E-state index >= 15 is 0 Å². The van der Waals surface area contributed by atoms with Crippen LogP contribution in [0.25, 0.3) is 0 Å². The van der Waals surface area contributed by atoms with Crippen LogP contribution in [0.2, 0.25) is 0 Å². The van der Waals surface area contributed by atoms with Crippen LogP contribution in [-0.4, -0.2) is 25.6 Å². The fourth-order valence-electron chi connectivity index (χ4n) is 3.09. The van der Waals surface area contributed by atoms with Crippen molar-refractivity contribution in [2.75, 3.05) is 19.7 Å². The average molecular weight is 304 g/mol. The largest absolute Gasteiger partial charge is 0.492 e. The van der Waals surface area contributed by atoms with Crippen molar-refractivity contribution in [2.24, 2.45) is 17.6 Å². The molecule has 0 spiro atoms. The van der Waals surface area contributed by atoms with Gasteiger partial charge in [0.25, 0.3) is 0 Å². The Balaban J connectivity index is 1.69. The standard InChI is InChI=1S/C18H28N2O2/c1-13(2)14-6-8-16(9-7-14)22-11-10-20-18(21)17-5-3-4-15(17)12-19/h6-9,13,15,17H,3-5,10-12,19H2,1-2H3,(H,20,21)/t15-,17-/m1/s1. The maximum absolute atomic E-state index is 12.1. The predicted molar refractivity (Wildman–Crippen MR) is 88.9 cm³/mol. The second-order valence-corrected chi connectivity index (χ2v) is 6.40. The van der Waals surface area contributed by atoms with Gasteiger partial charge in [-0.15, -0.1) is 0 Å². The molecular weight excluding hydrogens is 276 g/mol. The van der Waals surface area contributed by atoms with Crippen LogP contribution in [0.4, 0.5) is 0 Å². The molecule has 0 aliphatic heterocycles. The SMILES string of the molecule is CC(C)c1ccc(OCCNC(=O)[C@@H]2CCC[C@@H]2CN)cc1. The summed E-state index contributed by atoms with van der Waals surface area (Å²) in [6, 6.07) is 8.14. The van der Waals surface area contributed by atoms with Crippen molar-refractivity contribution in [3.8, 4) is 5.75 Å². The van der Waals surface area contributed by atoms with Gasteiger partial charge in [-0.3, -0.25) is 4.79 Å². The van der Waals surface area contributed by atoms with E-state index in [9.17, 15) is 4.79 Å². The van der Waals surface area contributed by atoms with Gasteiger partial charge in [-0.25, -0.2) is 0 Å². The van der Waals surface area contributed by atoms with Gasteiger partial charge in [-0.2, -0.15) is 0 Å². The fraction of sp³-hybridized carbons (Fsp3) is 0.611. The van der Waals surface area contributed by atoms with Gasteiger partial charge < -0.3 is 15.8 Å². The van der Waals surface area contributed by atoms with Crippen molar-refractivity contribution in [1.82, 2.24) is 5.32 Å². The minimum absolute atomic E-state index is 0.0929. The molecule has 2 atom stereocenters. The van der Waals surface area contributed by atoms with E-state index in [-0.39, 0.29) is 11.8 Å². The highest BCUT2D eigenvalue weighted by atomic mass is 16.5. The zero-order valence-electron chi connectivity index (χ0n) is 13.7. The Hall–Kier alpha value is -1.55. The number of nitrogens with one attached hydrogen (secondary N) is 1. The van der Waals surface area contributed by atoms with Crippen LogP contribution in [-0.2, 0) is 4.79 Å². The number of amides is 1. The van der Waals surface area contributed by atoms with Crippen molar-refractivity contribution in [1.29, 1.82) is 0 Å². The molecule has 0 saturated heterocycles. The van der Waals surface area contributed by atoms with Crippen LogP contribution in [0.3, 0.4) is 0 Å². The Bertz CT molecular complexity index is 470. The van der Waals surface area contributed by atoms with Crippen LogP contribution >= 0.6 is 0 Å². The Morgan fingerprint density at radius 2 is 2.05 bits per heavy atom. The number of nitrogens with two attached hydrogens (primary N) is 1. The van der Waals surface area contributed by atoms with Crippen molar-refractivity contribution < 1.29 is 9.53 Å². The number of hydrogen-bond donors (Lipinski definition) is 2. The molecule has 0 radical (unpaired) electrons. The van der Waals surface area contributed by atoms with Gasteiger partial charge in [0.1, 0.15) is 12.4 Å². The van der Waals surface area contributed by atoms with Gasteiger partial charge in [0, 0.05) is 5.92 Å². The monoisotopic (exact) mass is 304 g/mol. The average Bonchev–Trinajstić information content (AvgIpc) is 3.00. The summed E-state index contributed by atoms with van der Waals surface area (Å²) in [6.07, 6.45) is 3.15. The Morgan fingerprint density at radius 3 is 2.68 bits per heavy atom. The molecule has 0 unspecified atom stereocenters. The summed E-state index contributed by atoms with van der Waals surface area (Å²) in [5, 5.41) is 2.97. The summed E-state index contributed by atoms with van der Waals surface area (Å²) in [5.74, 6) is 1.95. The number of rotatable bonds is 7. The lowest BCUT2D eigenvalue weighted by molar-refractivity contribution is -0.126. The summed E-state index contributed by atoms with van der Waals surface area (Å²) in [4.78, 5) is 12.1. The minimum Gasteiger partial charge on any atom is -0.492 e. The van der Waals surface area contributed by atoms with Crippen LogP contribution in [0.1, 0.15) is 44.6 Å². The van der Waals surface area contributed by atoms with Gasteiger partial charge >= 0.3 is 0 Å². The summed E-state index contributed by atoms with van der Waals surface area (Å²) in [7, 11) is 0. The number of carbonyl (C=O) groups is 1. The number of carbonyl (C=O) groups excluding carboxylic acids is 1. The number of hydrogen-bond acceptors (Lipinski definition) is 3. The highest BCUT2D eigenvalue weighted by Crippen LogP contribution is 2.30. The van der Waals surface area contributed by atoms with Gasteiger partial charge in [0.05, 0.1) is 6.54 Å². The first-order chi connectivity index (χ1) is 10.6. The molecule has 1 amide bonds. The van der Waals surface area contributed by atoms with Crippen LogP contribution in [0, 0.1) is 11.8 Å². The van der Waals surface area contributed by atoms with E-state index in [2.05, 4.69) is 31.3 Å². The molecule has 0 heterocycles. The first kappa shape index (κ1) is 16.8. The van der Waals surface area contributed by atoms with Crippen LogP contribution < -0.4 is 15.8 Å². The summed E-state index contributed by atoms with van der Waals surface area (Å²) < 4.78 is 5.67. The smallest absolute Gasteiger partial charge is 0.223 e. The lowest BCUT2D eigenvalue weighted by Gasteiger charge is -2.17. The lowest BCUT2D eigenvalue weighted by atomic mass is 9.95. The van der Waals surface area contributed by atoms with Gasteiger partial charge in [-0.05, 0) is 48.9 Å². The molecule has 1 fully saturated rings.